The molecule has 4 heteroatoms. The molecular weight excluding hydrogens is 240 g/mol. The van der Waals surface area contributed by atoms with Crippen LogP contribution < -0.4 is 10.6 Å². The largest absolute Gasteiger partial charge is 0.444 e. The van der Waals surface area contributed by atoms with Crippen molar-refractivity contribution >= 4 is 6.09 Å². The molecule has 0 heterocycles. The standard InChI is InChI=1S/C15H32N2O2/c1-8-12(9-2)16-10-13(11(3)4)17-14(18)19-15(5,6)7/h11-13,16H,8-10H2,1-7H3,(H,17,18). The molecule has 1 unspecified atom stereocenters. The van der Waals surface area contributed by atoms with E-state index >= 15 is 0 Å². The normalized spacial score (nSPS) is 13.7. The molecule has 0 aromatic heterocycles. The molecule has 0 saturated heterocycles. The van der Waals surface area contributed by atoms with E-state index in [2.05, 4.69) is 38.3 Å². The van der Waals surface area contributed by atoms with Crippen LogP contribution in [0.1, 0.15) is 61.3 Å². The zero-order chi connectivity index (χ0) is 15.1. The topological polar surface area (TPSA) is 50.4 Å². The van der Waals surface area contributed by atoms with Gasteiger partial charge in [0.05, 0.1) is 0 Å². The molecule has 0 radical (unpaired) electrons. The van der Waals surface area contributed by atoms with E-state index in [0.717, 1.165) is 19.4 Å². The van der Waals surface area contributed by atoms with E-state index < -0.39 is 5.60 Å². The summed E-state index contributed by atoms with van der Waals surface area (Å²) in [5.41, 5.74) is -0.450. The Kier molecular flexibility index (Phi) is 8.07. The smallest absolute Gasteiger partial charge is 0.407 e. The summed E-state index contributed by atoms with van der Waals surface area (Å²) in [5, 5.41) is 6.45. The minimum Gasteiger partial charge on any atom is -0.444 e. The van der Waals surface area contributed by atoms with Gasteiger partial charge in [-0.15, -0.1) is 0 Å². The third kappa shape index (κ3) is 8.87. The Bertz CT molecular complexity index is 255. The van der Waals surface area contributed by atoms with Crippen LogP contribution in [0.15, 0.2) is 0 Å². The SMILES string of the molecule is CCC(CC)NCC(NC(=O)OC(C)(C)C)C(C)C. The molecule has 0 rings (SSSR count). The molecule has 0 aliphatic rings. The first-order chi connectivity index (χ1) is 8.69. The maximum Gasteiger partial charge on any atom is 0.407 e. The van der Waals surface area contributed by atoms with Crippen LogP contribution in [0.5, 0.6) is 0 Å². The Morgan fingerprint density at radius 3 is 2.05 bits per heavy atom. The molecule has 19 heavy (non-hydrogen) atoms. The fraction of sp³-hybridized carbons (Fsp3) is 0.933. The van der Waals surface area contributed by atoms with Crippen molar-refractivity contribution < 1.29 is 9.53 Å². The monoisotopic (exact) mass is 272 g/mol. The molecule has 114 valence electrons. The summed E-state index contributed by atoms with van der Waals surface area (Å²) in [5.74, 6) is 0.370. The van der Waals surface area contributed by atoms with Crippen molar-refractivity contribution in [1.82, 2.24) is 10.6 Å². The van der Waals surface area contributed by atoms with Crippen LogP contribution >= 0.6 is 0 Å². The highest BCUT2D eigenvalue weighted by Crippen LogP contribution is 2.09. The molecule has 2 N–H and O–H groups in total. The van der Waals surface area contributed by atoms with Crippen molar-refractivity contribution in [1.29, 1.82) is 0 Å². The van der Waals surface area contributed by atoms with E-state index in [4.69, 9.17) is 4.74 Å². The van der Waals surface area contributed by atoms with E-state index in [0.29, 0.717) is 12.0 Å². The van der Waals surface area contributed by atoms with Crippen molar-refractivity contribution in [2.45, 2.75) is 79.0 Å². The van der Waals surface area contributed by atoms with Gasteiger partial charge in [-0.1, -0.05) is 27.7 Å². The Balaban J connectivity index is 4.30. The van der Waals surface area contributed by atoms with Crippen molar-refractivity contribution in [3.05, 3.63) is 0 Å². The molecule has 1 amide bonds. The van der Waals surface area contributed by atoms with Gasteiger partial charge in [-0.3, -0.25) is 0 Å². The van der Waals surface area contributed by atoms with Crippen LogP contribution in [-0.4, -0.2) is 30.3 Å². The minimum absolute atomic E-state index is 0.0930. The lowest BCUT2D eigenvalue weighted by Gasteiger charge is -2.27. The zero-order valence-electron chi connectivity index (χ0n) is 13.7. The Hall–Kier alpha value is -0.770. The lowest BCUT2D eigenvalue weighted by Crippen LogP contribution is -2.48. The Morgan fingerprint density at radius 1 is 1.16 bits per heavy atom. The van der Waals surface area contributed by atoms with E-state index in [9.17, 15) is 4.79 Å². The zero-order valence-corrected chi connectivity index (χ0v) is 13.7. The van der Waals surface area contributed by atoms with Gasteiger partial charge in [0.2, 0.25) is 0 Å². The van der Waals surface area contributed by atoms with Gasteiger partial charge in [-0.2, -0.15) is 0 Å². The average molecular weight is 272 g/mol. The second kappa shape index (κ2) is 8.41. The Labute approximate surface area is 118 Å². The number of hydrogen-bond acceptors (Lipinski definition) is 3. The summed E-state index contributed by atoms with van der Waals surface area (Å²) < 4.78 is 5.30. The highest BCUT2D eigenvalue weighted by molar-refractivity contribution is 5.68. The molecule has 0 saturated carbocycles. The average Bonchev–Trinajstić information content (AvgIpc) is 2.25. The molecular formula is C15H32N2O2. The number of carbonyl (C=O) groups is 1. The van der Waals surface area contributed by atoms with Gasteiger partial charge < -0.3 is 15.4 Å². The molecule has 4 nitrogen and oxygen atoms in total. The molecule has 1 atom stereocenters. The second-order valence-corrected chi connectivity index (χ2v) is 6.42. The number of carbonyl (C=O) groups excluding carboxylic acids is 1. The fourth-order valence-corrected chi connectivity index (χ4v) is 1.78. The van der Waals surface area contributed by atoms with Crippen LogP contribution in [0.4, 0.5) is 4.79 Å². The molecule has 0 aromatic carbocycles. The van der Waals surface area contributed by atoms with E-state index in [1.165, 1.54) is 0 Å². The number of ether oxygens (including phenoxy) is 1. The number of hydrogen-bond donors (Lipinski definition) is 2. The summed E-state index contributed by atoms with van der Waals surface area (Å²) in [6.45, 7) is 15.0. The fourth-order valence-electron chi connectivity index (χ4n) is 1.78. The summed E-state index contributed by atoms with van der Waals surface area (Å²) in [7, 11) is 0. The highest BCUT2D eigenvalue weighted by Gasteiger charge is 2.21. The van der Waals surface area contributed by atoms with Gasteiger partial charge in [-0.05, 0) is 39.5 Å². The van der Waals surface area contributed by atoms with Crippen molar-refractivity contribution in [3.8, 4) is 0 Å². The number of rotatable bonds is 7. The second-order valence-electron chi connectivity index (χ2n) is 6.42. The predicted molar refractivity (Wildman–Crippen MR) is 80.4 cm³/mol. The third-order valence-corrected chi connectivity index (χ3v) is 3.12. The molecule has 0 fully saturated rings. The van der Waals surface area contributed by atoms with Crippen LogP contribution in [-0.2, 0) is 4.74 Å². The highest BCUT2D eigenvalue weighted by atomic mass is 16.6. The lowest BCUT2D eigenvalue weighted by atomic mass is 10.0. The van der Waals surface area contributed by atoms with Gasteiger partial charge in [-0.25, -0.2) is 4.79 Å². The van der Waals surface area contributed by atoms with Gasteiger partial charge in [0.25, 0.3) is 0 Å². The Morgan fingerprint density at radius 2 is 1.68 bits per heavy atom. The van der Waals surface area contributed by atoms with Gasteiger partial charge in [0.1, 0.15) is 5.60 Å². The summed E-state index contributed by atoms with van der Waals surface area (Å²) >= 11 is 0. The predicted octanol–water partition coefficient (Wildman–Crippen LogP) is 3.31. The van der Waals surface area contributed by atoms with E-state index in [1.807, 2.05) is 20.8 Å². The molecule has 0 aromatic rings. The first kappa shape index (κ1) is 18.2. The maximum absolute atomic E-state index is 11.8. The molecule has 0 bridgehead atoms. The molecule has 0 aliphatic carbocycles. The van der Waals surface area contributed by atoms with Crippen molar-refractivity contribution in [3.63, 3.8) is 0 Å². The quantitative estimate of drug-likeness (QED) is 0.747. The number of amides is 1. The van der Waals surface area contributed by atoms with Gasteiger partial charge in [0, 0.05) is 18.6 Å². The van der Waals surface area contributed by atoms with Crippen molar-refractivity contribution in [2.24, 2.45) is 5.92 Å². The molecule has 0 aliphatic heterocycles. The molecule has 0 spiro atoms. The van der Waals surface area contributed by atoms with Crippen molar-refractivity contribution in [2.75, 3.05) is 6.54 Å². The number of nitrogens with one attached hydrogen (secondary N) is 2. The van der Waals surface area contributed by atoms with E-state index in [-0.39, 0.29) is 12.1 Å². The van der Waals surface area contributed by atoms with E-state index in [1.54, 1.807) is 0 Å². The van der Waals surface area contributed by atoms with Crippen LogP contribution in [0, 0.1) is 5.92 Å². The van der Waals surface area contributed by atoms with Crippen LogP contribution in [0.3, 0.4) is 0 Å². The summed E-state index contributed by atoms with van der Waals surface area (Å²) in [6, 6.07) is 0.608. The first-order valence-corrected chi connectivity index (χ1v) is 7.42. The van der Waals surface area contributed by atoms with Crippen LogP contribution in [0.25, 0.3) is 0 Å². The number of alkyl carbamates (subject to hydrolysis) is 1. The lowest BCUT2D eigenvalue weighted by molar-refractivity contribution is 0.0489. The van der Waals surface area contributed by atoms with Crippen LogP contribution in [0.2, 0.25) is 0 Å². The third-order valence-electron chi connectivity index (χ3n) is 3.12. The van der Waals surface area contributed by atoms with Gasteiger partial charge in [0.15, 0.2) is 0 Å². The summed E-state index contributed by atoms with van der Waals surface area (Å²) in [6.07, 6.45) is 1.87. The first-order valence-electron chi connectivity index (χ1n) is 7.42. The summed E-state index contributed by atoms with van der Waals surface area (Å²) in [4.78, 5) is 11.8. The maximum atomic E-state index is 11.8. The minimum atomic E-state index is -0.450. The van der Waals surface area contributed by atoms with Gasteiger partial charge >= 0.3 is 6.09 Å².